The highest BCUT2D eigenvalue weighted by Crippen LogP contribution is 2.21. The number of halogens is 1. The summed E-state index contributed by atoms with van der Waals surface area (Å²) >= 11 is 5.79. The van der Waals surface area contributed by atoms with Gasteiger partial charge in [0.15, 0.2) is 0 Å². The molecule has 0 saturated heterocycles. The van der Waals surface area contributed by atoms with Crippen LogP contribution >= 0.6 is 11.6 Å². The Hall–Kier alpha value is -3.56. The number of rotatable bonds is 6. The summed E-state index contributed by atoms with van der Waals surface area (Å²) in [7, 11) is -3.92. The van der Waals surface area contributed by atoms with Crippen molar-refractivity contribution in [3.8, 4) is 11.5 Å². The van der Waals surface area contributed by atoms with Crippen LogP contribution in [0.25, 0.3) is 0 Å². The minimum Gasteiger partial charge on any atom is -0.508 e. The van der Waals surface area contributed by atoms with Gasteiger partial charge in [0, 0.05) is 27.9 Å². The molecule has 0 aliphatic rings. The summed E-state index contributed by atoms with van der Waals surface area (Å²) in [6, 6.07) is 15.5. The number of benzene rings is 3. The monoisotopic (exact) mass is 445 g/mol. The van der Waals surface area contributed by atoms with E-state index in [0.29, 0.717) is 10.7 Å². The van der Waals surface area contributed by atoms with E-state index in [1.165, 1.54) is 54.7 Å². The molecule has 0 aliphatic carbocycles. The van der Waals surface area contributed by atoms with E-state index in [2.05, 4.69) is 15.2 Å². The number of anilines is 1. The van der Waals surface area contributed by atoms with Crippen LogP contribution in [-0.4, -0.2) is 30.8 Å². The number of hydrazone groups is 1. The van der Waals surface area contributed by atoms with E-state index in [0.717, 1.165) is 6.07 Å². The molecule has 30 heavy (non-hydrogen) atoms. The number of aromatic hydroxyl groups is 2. The van der Waals surface area contributed by atoms with Crippen LogP contribution in [0.3, 0.4) is 0 Å². The fourth-order valence-electron chi connectivity index (χ4n) is 2.40. The van der Waals surface area contributed by atoms with Gasteiger partial charge in [0.1, 0.15) is 11.5 Å². The van der Waals surface area contributed by atoms with Gasteiger partial charge in [0.25, 0.3) is 15.9 Å². The minimum absolute atomic E-state index is 0.0704. The Morgan fingerprint density at radius 3 is 2.43 bits per heavy atom. The molecule has 0 unspecified atom stereocenters. The molecule has 3 rings (SSSR count). The maximum atomic E-state index is 12.6. The van der Waals surface area contributed by atoms with Gasteiger partial charge in [0.05, 0.1) is 11.1 Å². The number of nitrogens with zero attached hydrogens (tertiary/aromatic N) is 1. The van der Waals surface area contributed by atoms with Crippen LogP contribution in [0.1, 0.15) is 15.9 Å². The molecular formula is C20H16ClN3O5S. The number of phenolic OH excluding ortho intramolecular Hbond substituents is 2. The predicted molar refractivity (Wildman–Crippen MR) is 114 cm³/mol. The average molecular weight is 446 g/mol. The zero-order valence-corrected chi connectivity index (χ0v) is 16.9. The molecule has 0 aliphatic heterocycles. The quantitative estimate of drug-likeness (QED) is 0.342. The normalized spacial score (nSPS) is 11.4. The molecule has 1 amide bonds. The molecule has 0 aromatic heterocycles. The Labute approximate surface area is 177 Å². The standard InChI is InChI=1S/C20H16ClN3O5S/c21-15-5-7-16(8-6-15)24-30(28,29)18-3-1-2-13(10-18)20(27)23-22-12-14-4-9-17(25)11-19(14)26/h1-12,24-26H,(H,23,27)/b22-12+. The maximum Gasteiger partial charge on any atom is 0.271 e. The third-order valence-electron chi connectivity index (χ3n) is 3.89. The van der Waals surface area contributed by atoms with Gasteiger partial charge in [-0.3, -0.25) is 9.52 Å². The van der Waals surface area contributed by atoms with Gasteiger partial charge < -0.3 is 10.2 Å². The van der Waals surface area contributed by atoms with Gasteiger partial charge in [-0.25, -0.2) is 13.8 Å². The summed E-state index contributed by atoms with van der Waals surface area (Å²) in [6.45, 7) is 0. The zero-order chi connectivity index (χ0) is 21.7. The summed E-state index contributed by atoms with van der Waals surface area (Å²) < 4.78 is 27.6. The fraction of sp³-hybridized carbons (Fsp3) is 0. The number of phenols is 2. The summed E-state index contributed by atoms with van der Waals surface area (Å²) in [5, 5.41) is 23.2. The molecule has 0 radical (unpaired) electrons. The van der Waals surface area contributed by atoms with Crippen molar-refractivity contribution in [1.29, 1.82) is 0 Å². The first-order valence-corrected chi connectivity index (χ1v) is 10.3. The lowest BCUT2D eigenvalue weighted by Gasteiger charge is -2.09. The van der Waals surface area contributed by atoms with E-state index in [1.54, 1.807) is 12.1 Å². The lowest BCUT2D eigenvalue weighted by atomic mass is 10.2. The van der Waals surface area contributed by atoms with Crippen molar-refractivity contribution in [2.24, 2.45) is 5.10 Å². The molecule has 3 aromatic rings. The lowest BCUT2D eigenvalue weighted by Crippen LogP contribution is -2.19. The van der Waals surface area contributed by atoms with Crippen LogP contribution in [0.15, 0.2) is 76.7 Å². The van der Waals surface area contributed by atoms with Gasteiger partial charge in [-0.2, -0.15) is 5.10 Å². The van der Waals surface area contributed by atoms with E-state index < -0.39 is 15.9 Å². The van der Waals surface area contributed by atoms with Gasteiger partial charge in [-0.15, -0.1) is 0 Å². The molecule has 0 heterocycles. The van der Waals surface area contributed by atoms with Gasteiger partial charge in [-0.1, -0.05) is 17.7 Å². The summed E-state index contributed by atoms with van der Waals surface area (Å²) in [6.07, 6.45) is 1.19. The Bertz CT molecular complexity index is 1210. The van der Waals surface area contributed by atoms with Crippen molar-refractivity contribution in [1.82, 2.24) is 5.43 Å². The second-order valence-electron chi connectivity index (χ2n) is 6.08. The molecule has 4 N–H and O–H groups in total. The van der Waals surface area contributed by atoms with Crippen molar-refractivity contribution in [3.63, 3.8) is 0 Å². The third kappa shape index (κ3) is 5.28. The smallest absolute Gasteiger partial charge is 0.271 e. The van der Waals surface area contributed by atoms with E-state index in [9.17, 15) is 23.4 Å². The fourth-order valence-corrected chi connectivity index (χ4v) is 3.63. The van der Waals surface area contributed by atoms with E-state index in [1.807, 2.05) is 0 Å². The van der Waals surface area contributed by atoms with Crippen molar-refractivity contribution in [2.75, 3.05) is 4.72 Å². The number of amides is 1. The van der Waals surface area contributed by atoms with E-state index >= 15 is 0 Å². The molecule has 0 atom stereocenters. The topological polar surface area (TPSA) is 128 Å². The molecular weight excluding hydrogens is 430 g/mol. The van der Waals surface area contributed by atoms with Gasteiger partial charge in [0.2, 0.25) is 0 Å². The van der Waals surface area contributed by atoms with Gasteiger partial charge in [-0.05, 0) is 54.6 Å². The van der Waals surface area contributed by atoms with Crippen molar-refractivity contribution in [3.05, 3.63) is 82.9 Å². The first-order chi connectivity index (χ1) is 14.2. The number of carbonyl (C=O) groups is 1. The Balaban J connectivity index is 1.73. The largest absolute Gasteiger partial charge is 0.508 e. The Morgan fingerprint density at radius 1 is 1.00 bits per heavy atom. The molecule has 3 aromatic carbocycles. The third-order valence-corrected chi connectivity index (χ3v) is 5.52. The summed E-state index contributed by atoms with van der Waals surface area (Å²) in [5.74, 6) is -0.971. The number of carbonyl (C=O) groups excluding carboxylic acids is 1. The van der Waals surface area contributed by atoms with Crippen molar-refractivity contribution in [2.45, 2.75) is 4.90 Å². The van der Waals surface area contributed by atoms with Crippen LogP contribution in [-0.2, 0) is 10.0 Å². The molecule has 8 nitrogen and oxygen atoms in total. The molecule has 154 valence electrons. The maximum absolute atomic E-state index is 12.6. The van der Waals surface area contributed by atoms with Gasteiger partial charge >= 0.3 is 0 Å². The van der Waals surface area contributed by atoms with Crippen molar-refractivity contribution < 1.29 is 23.4 Å². The number of nitrogens with one attached hydrogen (secondary N) is 2. The van der Waals surface area contributed by atoms with Crippen LogP contribution in [0.4, 0.5) is 5.69 Å². The Morgan fingerprint density at radius 2 is 1.73 bits per heavy atom. The molecule has 0 saturated carbocycles. The number of sulfonamides is 1. The molecule has 10 heteroatoms. The SMILES string of the molecule is O=C(N/N=C/c1ccc(O)cc1O)c1cccc(S(=O)(=O)Nc2ccc(Cl)cc2)c1. The van der Waals surface area contributed by atoms with Crippen molar-refractivity contribution >= 4 is 39.4 Å². The lowest BCUT2D eigenvalue weighted by molar-refractivity contribution is 0.0955. The van der Waals surface area contributed by atoms with Crippen LogP contribution < -0.4 is 10.1 Å². The number of hydrogen-bond donors (Lipinski definition) is 4. The second-order valence-corrected chi connectivity index (χ2v) is 8.20. The predicted octanol–water partition coefficient (Wildman–Crippen LogP) is 3.32. The number of hydrogen-bond acceptors (Lipinski definition) is 6. The minimum atomic E-state index is -3.92. The molecule has 0 spiro atoms. The highest BCUT2D eigenvalue weighted by atomic mass is 35.5. The summed E-state index contributed by atoms with van der Waals surface area (Å²) in [5.41, 5.74) is 2.92. The average Bonchev–Trinajstić information content (AvgIpc) is 2.71. The summed E-state index contributed by atoms with van der Waals surface area (Å²) in [4.78, 5) is 12.2. The highest BCUT2D eigenvalue weighted by Gasteiger charge is 2.16. The molecule has 0 bridgehead atoms. The van der Waals surface area contributed by atoms with Crippen LogP contribution in [0.5, 0.6) is 11.5 Å². The second kappa shape index (κ2) is 8.85. The van der Waals surface area contributed by atoms with Crippen LogP contribution in [0.2, 0.25) is 5.02 Å². The first-order valence-electron chi connectivity index (χ1n) is 8.48. The van der Waals surface area contributed by atoms with Crippen LogP contribution in [0, 0.1) is 0 Å². The zero-order valence-electron chi connectivity index (χ0n) is 15.3. The first kappa shape index (κ1) is 21.2. The highest BCUT2D eigenvalue weighted by molar-refractivity contribution is 7.92. The molecule has 0 fully saturated rings. The van der Waals surface area contributed by atoms with E-state index in [-0.39, 0.29) is 27.5 Å². The Kier molecular flexibility index (Phi) is 6.24. The van der Waals surface area contributed by atoms with E-state index in [4.69, 9.17) is 11.6 Å².